The minimum Gasteiger partial charge on any atom is -0.480 e. The number of aliphatic carboxylic acids is 1. The predicted octanol–water partition coefficient (Wildman–Crippen LogP) is 1.77. The third-order valence-corrected chi connectivity index (χ3v) is 4.72. The number of amides is 2. The van der Waals surface area contributed by atoms with Crippen LogP contribution in [0.1, 0.15) is 44.3 Å². The van der Waals surface area contributed by atoms with Gasteiger partial charge in [-0.15, -0.1) is 0 Å². The van der Waals surface area contributed by atoms with Crippen LogP contribution in [0.4, 0.5) is 4.79 Å². The maximum atomic E-state index is 12.3. The Kier molecular flexibility index (Phi) is 7.47. The molecule has 0 aliphatic heterocycles. The molecule has 1 aliphatic rings. The van der Waals surface area contributed by atoms with E-state index in [4.69, 9.17) is 14.3 Å². The van der Waals surface area contributed by atoms with Crippen LogP contribution in [0.2, 0.25) is 0 Å². The molecule has 146 valence electrons. The van der Waals surface area contributed by atoms with E-state index in [1.807, 2.05) is 30.9 Å². The van der Waals surface area contributed by atoms with E-state index in [0.717, 1.165) is 25.0 Å². The van der Waals surface area contributed by atoms with Crippen molar-refractivity contribution in [2.75, 3.05) is 26.8 Å². The Morgan fingerprint density at radius 3 is 2.65 bits per heavy atom. The van der Waals surface area contributed by atoms with Crippen molar-refractivity contribution in [3.05, 3.63) is 23.7 Å². The molecule has 1 aromatic heterocycles. The summed E-state index contributed by atoms with van der Waals surface area (Å²) in [6, 6.07) is 3.38. The Hall–Kier alpha value is -2.06. The van der Waals surface area contributed by atoms with Gasteiger partial charge in [0.2, 0.25) is 0 Å². The van der Waals surface area contributed by atoms with E-state index in [1.165, 1.54) is 0 Å². The second kappa shape index (κ2) is 9.59. The normalized spacial score (nSPS) is 20.5. The highest BCUT2D eigenvalue weighted by atomic mass is 16.5. The molecule has 0 radical (unpaired) electrons. The summed E-state index contributed by atoms with van der Waals surface area (Å²) in [6.45, 7) is 4.99. The van der Waals surface area contributed by atoms with Gasteiger partial charge < -0.3 is 24.9 Å². The van der Waals surface area contributed by atoms with Gasteiger partial charge in [-0.1, -0.05) is 13.8 Å². The Labute approximate surface area is 153 Å². The lowest BCUT2D eigenvalue weighted by atomic mass is 9.85. The Bertz CT molecular complexity index is 597. The number of rotatable bonds is 10. The number of hydrogen-bond donors (Lipinski definition) is 3. The molecule has 2 amide bonds. The molecular formula is C18H29N3O5. The number of carbonyl (C=O) groups is 2. The van der Waals surface area contributed by atoms with Crippen LogP contribution in [0.15, 0.2) is 16.5 Å². The minimum atomic E-state index is -0.826. The Morgan fingerprint density at radius 2 is 2.12 bits per heavy atom. The quantitative estimate of drug-likeness (QED) is 0.582. The summed E-state index contributed by atoms with van der Waals surface area (Å²) in [5.74, 6) is 0.709. The summed E-state index contributed by atoms with van der Waals surface area (Å²) in [5.41, 5.74) is 0. The third-order valence-electron chi connectivity index (χ3n) is 4.72. The molecule has 3 N–H and O–H groups in total. The molecule has 1 fully saturated rings. The summed E-state index contributed by atoms with van der Waals surface area (Å²) in [4.78, 5) is 25.1. The van der Waals surface area contributed by atoms with Crippen LogP contribution < -0.4 is 10.6 Å². The van der Waals surface area contributed by atoms with Crippen molar-refractivity contribution in [1.82, 2.24) is 15.5 Å². The number of hydrogen-bond acceptors (Lipinski definition) is 5. The number of methoxy groups -OCH3 is 1. The van der Waals surface area contributed by atoms with Crippen LogP contribution in [0.3, 0.4) is 0 Å². The molecule has 0 bridgehead atoms. The van der Waals surface area contributed by atoms with E-state index in [2.05, 4.69) is 10.6 Å². The number of carboxylic acid groups (broad SMARTS) is 1. The van der Waals surface area contributed by atoms with Crippen LogP contribution in [-0.4, -0.2) is 60.9 Å². The molecule has 26 heavy (non-hydrogen) atoms. The van der Waals surface area contributed by atoms with E-state index < -0.39 is 5.97 Å². The van der Waals surface area contributed by atoms with Crippen molar-refractivity contribution in [1.29, 1.82) is 0 Å². The summed E-state index contributed by atoms with van der Waals surface area (Å²) in [5, 5.41) is 14.8. The molecule has 0 spiro atoms. The number of carboxylic acids is 1. The van der Waals surface area contributed by atoms with E-state index in [0.29, 0.717) is 18.9 Å². The Balaban J connectivity index is 1.81. The van der Waals surface area contributed by atoms with Gasteiger partial charge in [-0.25, -0.2) is 4.79 Å². The fraction of sp³-hybridized carbons (Fsp3) is 0.667. The SMILES string of the molecule is CCc1ccc(C(COC)NC(=O)NC2CC(N(CC)CC(=O)O)C2)o1. The molecule has 1 saturated carbocycles. The van der Waals surface area contributed by atoms with E-state index in [-0.39, 0.29) is 30.7 Å². The Morgan fingerprint density at radius 1 is 1.38 bits per heavy atom. The number of nitrogens with zero attached hydrogens (tertiary/aromatic N) is 1. The zero-order chi connectivity index (χ0) is 19.1. The van der Waals surface area contributed by atoms with Gasteiger partial charge in [0.05, 0.1) is 13.2 Å². The van der Waals surface area contributed by atoms with Crippen molar-refractivity contribution in [2.45, 2.75) is 51.2 Å². The number of nitrogens with one attached hydrogen (secondary N) is 2. The van der Waals surface area contributed by atoms with Gasteiger partial charge in [-0.3, -0.25) is 9.69 Å². The number of likely N-dealkylation sites (N-methyl/N-ethyl adjacent to an activating group) is 1. The van der Waals surface area contributed by atoms with Gasteiger partial charge in [-0.2, -0.15) is 0 Å². The number of furan rings is 1. The highest BCUT2D eigenvalue weighted by molar-refractivity contribution is 5.75. The van der Waals surface area contributed by atoms with Gasteiger partial charge >= 0.3 is 12.0 Å². The van der Waals surface area contributed by atoms with Crippen LogP contribution in [0.5, 0.6) is 0 Å². The molecular weight excluding hydrogens is 338 g/mol. The fourth-order valence-corrected chi connectivity index (χ4v) is 3.20. The average molecular weight is 367 g/mol. The van der Waals surface area contributed by atoms with E-state index in [9.17, 15) is 9.59 Å². The van der Waals surface area contributed by atoms with E-state index in [1.54, 1.807) is 7.11 Å². The molecule has 0 aromatic carbocycles. The van der Waals surface area contributed by atoms with Gasteiger partial charge in [0.25, 0.3) is 0 Å². The zero-order valence-electron chi connectivity index (χ0n) is 15.7. The third kappa shape index (κ3) is 5.47. The monoisotopic (exact) mass is 367 g/mol. The number of urea groups is 1. The molecule has 1 unspecified atom stereocenters. The number of carbonyl (C=O) groups excluding carboxylic acids is 1. The van der Waals surface area contributed by atoms with Crippen molar-refractivity contribution >= 4 is 12.0 Å². The number of ether oxygens (including phenoxy) is 1. The second-order valence-corrected chi connectivity index (χ2v) is 6.56. The first-order valence-corrected chi connectivity index (χ1v) is 9.07. The van der Waals surface area contributed by atoms with Crippen LogP contribution >= 0.6 is 0 Å². The maximum absolute atomic E-state index is 12.3. The summed E-state index contributed by atoms with van der Waals surface area (Å²) < 4.78 is 10.9. The van der Waals surface area contributed by atoms with Gasteiger partial charge in [0, 0.05) is 25.6 Å². The summed E-state index contributed by atoms with van der Waals surface area (Å²) >= 11 is 0. The van der Waals surface area contributed by atoms with E-state index >= 15 is 0 Å². The predicted molar refractivity (Wildman–Crippen MR) is 96.1 cm³/mol. The molecule has 8 nitrogen and oxygen atoms in total. The van der Waals surface area contributed by atoms with Gasteiger partial charge in [0.1, 0.15) is 17.6 Å². The molecule has 1 atom stereocenters. The first-order valence-electron chi connectivity index (χ1n) is 9.07. The van der Waals surface area contributed by atoms with Crippen LogP contribution in [0.25, 0.3) is 0 Å². The lowest BCUT2D eigenvalue weighted by Gasteiger charge is -2.42. The van der Waals surface area contributed by atoms with Gasteiger partial charge in [-0.05, 0) is 31.5 Å². The molecule has 2 rings (SSSR count). The topological polar surface area (TPSA) is 104 Å². The van der Waals surface area contributed by atoms with Crippen molar-refractivity contribution in [3.63, 3.8) is 0 Å². The highest BCUT2D eigenvalue weighted by Crippen LogP contribution is 2.25. The van der Waals surface area contributed by atoms with Crippen molar-refractivity contribution < 1.29 is 23.8 Å². The van der Waals surface area contributed by atoms with Crippen molar-refractivity contribution in [2.24, 2.45) is 0 Å². The molecule has 1 heterocycles. The highest BCUT2D eigenvalue weighted by Gasteiger charge is 2.35. The second-order valence-electron chi connectivity index (χ2n) is 6.56. The molecule has 8 heteroatoms. The standard InChI is InChI=1S/C18H29N3O5/c1-4-14-6-7-16(26-14)15(11-25-3)20-18(24)19-12-8-13(9-12)21(5-2)10-17(22)23/h6-7,12-13,15H,4-5,8-11H2,1-3H3,(H,22,23)(H2,19,20,24). The number of aryl methyl sites for hydroxylation is 1. The summed E-state index contributed by atoms with van der Waals surface area (Å²) in [6.07, 6.45) is 2.30. The van der Waals surface area contributed by atoms with Crippen LogP contribution in [0, 0.1) is 0 Å². The lowest BCUT2D eigenvalue weighted by Crippen LogP contribution is -2.56. The first-order chi connectivity index (χ1) is 12.5. The largest absolute Gasteiger partial charge is 0.480 e. The smallest absolute Gasteiger partial charge is 0.317 e. The lowest BCUT2D eigenvalue weighted by molar-refractivity contribution is -0.139. The fourth-order valence-electron chi connectivity index (χ4n) is 3.20. The molecule has 1 aliphatic carbocycles. The zero-order valence-corrected chi connectivity index (χ0v) is 15.7. The summed E-state index contributed by atoms with van der Waals surface area (Å²) in [7, 11) is 1.58. The van der Waals surface area contributed by atoms with Crippen molar-refractivity contribution in [3.8, 4) is 0 Å². The molecule has 1 aromatic rings. The first kappa shape index (κ1) is 20.3. The maximum Gasteiger partial charge on any atom is 0.317 e. The minimum absolute atomic E-state index is 0.0360. The van der Waals surface area contributed by atoms with Crippen LogP contribution in [-0.2, 0) is 16.0 Å². The average Bonchev–Trinajstić information content (AvgIpc) is 3.04. The van der Waals surface area contributed by atoms with Gasteiger partial charge in [0.15, 0.2) is 0 Å². The molecule has 0 saturated heterocycles.